The van der Waals surface area contributed by atoms with Crippen LogP contribution in [-0.4, -0.2) is 5.84 Å². The van der Waals surface area contributed by atoms with E-state index in [1.165, 1.54) is 13.8 Å². The Morgan fingerprint density at radius 1 is 1.31 bits per heavy atom. The van der Waals surface area contributed by atoms with Gasteiger partial charge in [-0.05, 0) is 25.5 Å². The summed E-state index contributed by atoms with van der Waals surface area (Å²) in [5.74, 6) is -0.854. The number of benzene rings is 1. The summed E-state index contributed by atoms with van der Waals surface area (Å²) in [6.45, 7) is 3.00. The number of aryl methyl sites for hydroxylation is 1. The van der Waals surface area contributed by atoms with E-state index in [4.69, 9.17) is 5.73 Å². The maximum absolute atomic E-state index is 13.1. The number of hydrogen-bond acceptors (Lipinski definition) is 1. The van der Waals surface area contributed by atoms with Crippen molar-refractivity contribution in [1.82, 2.24) is 0 Å². The first-order valence-electron chi connectivity index (χ1n) is 3.77. The second-order valence-corrected chi connectivity index (χ2v) is 2.81. The molecule has 2 nitrogen and oxygen atoms in total. The number of amidine groups is 1. The van der Waals surface area contributed by atoms with Crippen molar-refractivity contribution in [3.05, 3.63) is 29.3 Å². The molecule has 0 aromatic heterocycles. The summed E-state index contributed by atoms with van der Waals surface area (Å²) in [5, 5.41) is 0. The molecule has 0 aliphatic carbocycles. The molecule has 70 valence electrons. The van der Waals surface area contributed by atoms with E-state index in [1.54, 1.807) is 0 Å². The molecule has 1 aromatic rings. The smallest absolute Gasteiger partial charge is 0.149 e. The van der Waals surface area contributed by atoms with Crippen molar-refractivity contribution in [1.29, 1.82) is 0 Å². The lowest BCUT2D eigenvalue weighted by atomic mass is 10.2. The summed E-state index contributed by atoms with van der Waals surface area (Å²) in [7, 11) is 0. The molecule has 0 bridgehead atoms. The third-order valence-electron chi connectivity index (χ3n) is 1.52. The van der Waals surface area contributed by atoms with Crippen LogP contribution in [0.5, 0.6) is 0 Å². The van der Waals surface area contributed by atoms with E-state index in [2.05, 4.69) is 4.99 Å². The van der Waals surface area contributed by atoms with Crippen molar-refractivity contribution in [3.8, 4) is 0 Å². The molecule has 0 saturated carbocycles. The molecule has 0 unspecified atom stereocenters. The Kier molecular flexibility index (Phi) is 2.60. The summed E-state index contributed by atoms with van der Waals surface area (Å²) in [6, 6.07) is 2.12. The van der Waals surface area contributed by atoms with Crippen molar-refractivity contribution in [3.63, 3.8) is 0 Å². The van der Waals surface area contributed by atoms with E-state index in [-0.39, 0.29) is 17.1 Å². The molecule has 13 heavy (non-hydrogen) atoms. The highest BCUT2D eigenvalue weighted by Crippen LogP contribution is 2.21. The van der Waals surface area contributed by atoms with Crippen LogP contribution in [0, 0.1) is 18.6 Å². The first-order chi connectivity index (χ1) is 6.00. The van der Waals surface area contributed by atoms with Gasteiger partial charge in [0.15, 0.2) is 0 Å². The summed E-state index contributed by atoms with van der Waals surface area (Å²) >= 11 is 0. The average molecular weight is 184 g/mol. The Labute approximate surface area is 75.1 Å². The van der Waals surface area contributed by atoms with Crippen LogP contribution < -0.4 is 5.73 Å². The predicted octanol–water partition coefficient (Wildman–Crippen LogP) is 2.28. The molecule has 0 aliphatic heterocycles. The minimum Gasteiger partial charge on any atom is -0.387 e. The quantitative estimate of drug-likeness (QED) is 0.527. The van der Waals surface area contributed by atoms with Gasteiger partial charge in [-0.3, -0.25) is 0 Å². The minimum absolute atomic E-state index is 0.0666. The second-order valence-electron chi connectivity index (χ2n) is 2.81. The van der Waals surface area contributed by atoms with Gasteiger partial charge in [-0.2, -0.15) is 0 Å². The van der Waals surface area contributed by atoms with E-state index in [9.17, 15) is 8.78 Å². The zero-order valence-electron chi connectivity index (χ0n) is 7.44. The Hall–Kier alpha value is -1.45. The Bertz CT molecular complexity index is 355. The largest absolute Gasteiger partial charge is 0.387 e. The lowest BCUT2D eigenvalue weighted by Crippen LogP contribution is -2.04. The average Bonchev–Trinajstić information content (AvgIpc) is 1.99. The summed E-state index contributed by atoms with van der Waals surface area (Å²) < 4.78 is 26.0. The highest BCUT2D eigenvalue weighted by atomic mass is 19.1. The van der Waals surface area contributed by atoms with Gasteiger partial charge in [0.1, 0.15) is 17.3 Å². The monoisotopic (exact) mass is 184 g/mol. The number of rotatable bonds is 1. The van der Waals surface area contributed by atoms with Gasteiger partial charge in [0.2, 0.25) is 0 Å². The SMILES string of the molecule is CC(N)=Nc1cc(F)c(C)cc1F. The maximum atomic E-state index is 13.1. The standard InChI is InChI=1S/C9H10F2N2/c1-5-3-8(11)9(4-7(5)10)13-6(2)12/h3-4H,1-2H3,(H2,12,13). The van der Waals surface area contributed by atoms with E-state index in [1.807, 2.05) is 0 Å². The normalized spacial score (nSPS) is 11.8. The first-order valence-corrected chi connectivity index (χ1v) is 3.77. The molecule has 0 fully saturated rings. The van der Waals surface area contributed by atoms with Crippen LogP contribution in [0.3, 0.4) is 0 Å². The third kappa shape index (κ3) is 2.24. The third-order valence-corrected chi connectivity index (χ3v) is 1.52. The van der Waals surface area contributed by atoms with Crippen LogP contribution >= 0.6 is 0 Å². The molecule has 0 radical (unpaired) electrons. The molecule has 0 aliphatic rings. The second kappa shape index (κ2) is 3.51. The lowest BCUT2D eigenvalue weighted by molar-refractivity contribution is 0.594. The summed E-state index contributed by atoms with van der Waals surface area (Å²) in [4.78, 5) is 3.64. The van der Waals surface area contributed by atoms with Crippen molar-refractivity contribution < 1.29 is 8.78 Å². The zero-order chi connectivity index (χ0) is 10.0. The van der Waals surface area contributed by atoms with Crippen LogP contribution in [0.2, 0.25) is 0 Å². The summed E-state index contributed by atoms with van der Waals surface area (Å²) in [5.41, 5.74) is 5.43. The topological polar surface area (TPSA) is 38.4 Å². The molecular weight excluding hydrogens is 174 g/mol. The first kappa shape index (κ1) is 9.64. The number of hydrogen-bond donors (Lipinski definition) is 1. The predicted molar refractivity (Wildman–Crippen MR) is 48.1 cm³/mol. The molecule has 2 N–H and O–H groups in total. The van der Waals surface area contributed by atoms with Gasteiger partial charge in [0, 0.05) is 6.07 Å². The molecule has 1 rings (SSSR count). The molecular formula is C9H10F2N2. The molecule has 1 aromatic carbocycles. The molecule has 4 heteroatoms. The van der Waals surface area contributed by atoms with Crippen LogP contribution in [0.25, 0.3) is 0 Å². The van der Waals surface area contributed by atoms with E-state index >= 15 is 0 Å². The number of halogens is 2. The fourth-order valence-electron chi connectivity index (χ4n) is 0.911. The van der Waals surface area contributed by atoms with E-state index < -0.39 is 11.6 Å². The van der Waals surface area contributed by atoms with Gasteiger partial charge in [0.25, 0.3) is 0 Å². The molecule has 0 atom stereocenters. The van der Waals surface area contributed by atoms with Crippen LogP contribution in [-0.2, 0) is 0 Å². The highest BCUT2D eigenvalue weighted by molar-refractivity contribution is 5.80. The van der Waals surface area contributed by atoms with Crippen LogP contribution in [0.15, 0.2) is 17.1 Å². The lowest BCUT2D eigenvalue weighted by Gasteiger charge is -2.00. The van der Waals surface area contributed by atoms with Crippen molar-refractivity contribution in [2.75, 3.05) is 0 Å². The Morgan fingerprint density at radius 2 is 1.92 bits per heavy atom. The van der Waals surface area contributed by atoms with Crippen LogP contribution in [0.4, 0.5) is 14.5 Å². The molecule has 0 heterocycles. The van der Waals surface area contributed by atoms with Crippen LogP contribution in [0.1, 0.15) is 12.5 Å². The number of nitrogens with zero attached hydrogens (tertiary/aromatic N) is 1. The summed E-state index contributed by atoms with van der Waals surface area (Å²) in [6.07, 6.45) is 0. The van der Waals surface area contributed by atoms with Gasteiger partial charge in [-0.25, -0.2) is 13.8 Å². The van der Waals surface area contributed by atoms with Gasteiger partial charge in [-0.1, -0.05) is 0 Å². The Morgan fingerprint density at radius 3 is 2.46 bits per heavy atom. The maximum Gasteiger partial charge on any atom is 0.149 e. The Balaban J connectivity index is 3.24. The number of aliphatic imine (C=N–C) groups is 1. The molecule has 0 saturated heterocycles. The van der Waals surface area contributed by atoms with Gasteiger partial charge >= 0.3 is 0 Å². The van der Waals surface area contributed by atoms with Crippen molar-refractivity contribution in [2.24, 2.45) is 10.7 Å². The molecule has 0 spiro atoms. The van der Waals surface area contributed by atoms with Crippen molar-refractivity contribution >= 4 is 11.5 Å². The van der Waals surface area contributed by atoms with Gasteiger partial charge in [-0.15, -0.1) is 0 Å². The fraction of sp³-hybridized carbons (Fsp3) is 0.222. The fourth-order valence-corrected chi connectivity index (χ4v) is 0.911. The van der Waals surface area contributed by atoms with Crippen molar-refractivity contribution in [2.45, 2.75) is 13.8 Å². The minimum atomic E-state index is -0.566. The van der Waals surface area contributed by atoms with Gasteiger partial charge < -0.3 is 5.73 Å². The van der Waals surface area contributed by atoms with E-state index in [0.717, 1.165) is 12.1 Å². The van der Waals surface area contributed by atoms with Gasteiger partial charge in [0.05, 0.1) is 5.84 Å². The zero-order valence-corrected chi connectivity index (χ0v) is 7.44. The number of nitrogens with two attached hydrogens (primary N) is 1. The highest BCUT2D eigenvalue weighted by Gasteiger charge is 2.05. The van der Waals surface area contributed by atoms with E-state index in [0.29, 0.717) is 0 Å². The molecule has 0 amide bonds.